The number of benzene rings is 1. The number of aromatic nitrogens is 2. The molecule has 0 amide bonds. The topological polar surface area (TPSA) is 64.4 Å². The van der Waals surface area contributed by atoms with Crippen LogP contribution in [0.4, 0.5) is 13.2 Å². The third kappa shape index (κ3) is 2.58. The number of ether oxygens (including phenoxy) is 1. The van der Waals surface area contributed by atoms with E-state index in [1.165, 1.54) is 19.2 Å². The van der Waals surface area contributed by atoms with E-state index in [-0.39, 0.29) is 5.75 Å². The minimum atomic E-state index is -4.87. The molecule has 0 saturated carbocycles. The number of carbonyl (C=O) groups is 1. The zero-order valence-electron chi connectivity index (χ0n) is 10.2. The van der Waals surface area contributed by atoms with Crippen molar-refractivity contribution >= 4 is 5.97 Å². The fraction of sp³-hybridized carbons (Fsp3) is 0.167. The van der Waals surface area contributed by atoms with Gasteiger partial charge in [0.1, 0.15) is 5.75 Å². The fourth-order valence-corrected chi connectivity index (χ4v) is 1.62. The zero-order valence-corrected chi connectivity index (χ0v) is 10.2. The van der Waals surface area contributed by atoms with Gasteiger partial charge in [0.15, 0.2) is 11.3 Å². The molecule has 0 fully saturated rings. The standard InChI is InChI=1S/C12H9F3N2O3/c1-17-10(20-7-5-3-2-4-6-7)8(11(18)19)9(16-17)12(13,14)15/h2-6H,1H3,(H,18,19). The number of hydrogen-bond acceptors (Lipinski definition) is 3. The first-order chi connectivity index (χ1) is 9.30. The number of carboxylic acid groups (broad SMARTS) is 1. The van der Waals surface area contributed by atoms with E-state index in [0.29, 0.717) is 0 Å². The molecule has 8 heteroatoms. The fourth-order valence-electron chi connectivity index (χ4n) is 1.62. The number of alkyl halides is 3. The van der Waals surface area contributed by atoms with Crippen LogP contribution < -0.4 is 4.74 Å². The number of nitrogens with zero attached hydrogens (tertiary/aromatic N) is 2. The van der Waals surface area contributed by atoms with Crippen molar-refractivity contribution in [3.8, 4) is 11.6 Å². The monoisotopic (exact) mass is 286 g/mol. The highest BCUT2D eigenvalue weighted by molar-refractivity contribution is 5.92. The summed E-state index contributed by atoms with van der Waals surface area (Å²) in [7, 11) is 1.18. The second-order valence-corrected chi connectivity index (χ2v) is 3.87. The van der Waals surface area contributed by atoms with Crippen LogP contribution in [-0.4, -0.2) is 20.9 Å². The molecule has 1 heterocycles. The molecule has 5 nitrogen and oxygen atoms in total. The Balaban J connectivity index is 2.53. The lowest BCUT2D eigenvalue weighted by molar-refractivity contribution is -0.141. The quantitative estimate of drug-likeness (QED) is 0.942. The maximum Gasteiger partial charge on any atom is 0.436 e. The summed E-state index contributed by atoms with van der Waals surface area (Å²) in [6.45, 7) is 0. The van der Waals surface area contributed by atoms with Crippen molar-refractivity contribution in [2.24, 2.45) is 7.05 Å². The predicted molar refractivity (Wildman–Crippen MR) is 61.7 cm³/mol. The van der Waals surface area contributed by atoms with Gasteiger partial charge in [-0.2, -0.15) is 18.3 Å². The number of hydrogen-bond donors (Lipinski definition) is 1. The maximum absolute atomic E-state index is 12.7. The first-order valence-corrected chi connectivity index (χ1v) is 5.41. The molecule has 2 rings (SSSR count). The Morgan fingerprint density at radius 1 is 1.30 bits per heavy atom. The van der Waals surface area contributed by atoms with Crippen molar-refractivity contribution in [2.45, 2.75) is 6.18 Å². The number of carboxylic acids is 1. The van der Waals surface area contributed by atoms with Crippen LogP contribution in [0, 0.1) is 0 Å². The number of aryl methyl sites for hydroxylation is 1. The van der Waals surface area contributed by atoms with E-state index in [0.717, 1.165) is 4.68 Å². The second-order valence-electron chi connectivity index (χ2n) is 3.87. The Bertz CT molecular complexity index is 635. The largest absolute Gasteiger partial charge is 0.477 e. The molecule has 0 aliphatic rings. The van der Waals surface area contributed by atoms with Gasteiger partial charge in [-0.1, -0.05) is 18.2 Å². The van der Waals surface area contributed by atoms with E-state index in [1.54, 1.807) is 18.2 Å². The lowest BCUT2D eigenvalue weighted by atomic mass is 10.2. The molecule has 0 bridgehead atoms. The van der Waals surface area contributed by atoms with E-state index in [2.05, 4.69) is 5.10 Å². The Labute approximate surface area is 111 Å². The molecule has 0 saturated heterocycles. The van der Waals surface area contributed by atoms with Crippen LogP contribution in [0.15, 0.2) is 30.3 Å². The van der Waals surface area contributed by atoms with Crippen molar-refractivity contribution in [3.05, 3.63) is 41.6 Å². The van der Waals surface area contributed by atoms with E-state index in [1.807, 2.05) is 0 Å². The van der Waals surface area contributed by atoms with Gasteiger partial charge in [-0.05, 0) is 12.1 Å². The minimum Gasteiger partial charge on any atom is -0.477 e. The van der Waals surface area contributed by atoms with Gasteiger partial charge in [-0.15, -0.1) is 0 Å². The predicted octanol–water partition coefficient (Wildman–Crippen LogP) is 2.93. The molecule has 20 heavy (non-hydrogen) atoms. The summed E-state index contributed by atoms with van der Waals surface area (Å²) in [4.78, 5) is 11.1. The van der Waals surface area contributed by atoms with Crippen molar-refractivity contribution in [2.75, 3.05) is 0 Å². The van der Waals surface area contributed by atoms with Crippen LogP contribution >= 0.6 is 0 Å². The molecule has 106 valence electrons. The molecule has 0 aliphatic heterocycles. The normalized spacial score (nSPS) is 11.4. The summed E-state index contributed by atoms with van der Waals surface area (Å²) < 4.78 is 44.2. The van der Waals surface area contributed by atoms with Crippen LogP contribution in [-0.2, 0) is 13.2 Å². The maximum atomic E-state index is 12.7. The van der Waals surface area contributed by atoms with Crippen LogP contribution in [0.3, 0.4) is 0 Å². The molecule has 0 radical (unpaired) electrons. The lowest BCUT2D eigenvalue weighted by Gasteiger charge is -2.07. The summed E-state index contributed by atoms with van der Waals surface area (Å²) in [5.74, 6) is -2.01. The van der Waals surface area contributed by atoms with Gasteiger partial charge in [-0.3, -0.25) is 0 Å². The van der Waals surface area contributed by atoms with Crippen molar-refractivity contribution in [3.63, 3.8) is 0 Å². The number of halogens is 3. The van der Waals surface area contributed by atoms with Gasteiger partial charge < -0.3 is 9.84 Å². The summed E-state index contributed by atoms with van der Waals surface area (Å²) >= 11 is 0. The molecular formula is C12H9F3N2O3. The van der Waals surface area contributed by atoms with Gasteiger partial charge in [0, 0.05) is 7.05 Å². The van der Waals surface area contributed by atoms with E-state index in [9.17, 15) is 18.0 Å². The Morgan fingerprint density at radius 2 is 1.90 bits per heavy atom. The summed E-state index contributed by atoms with van der Waals surface area (Å²) in [5, 5.41) is 12.2. The Hall–Kier alpha value is -2.51. The molecule has 1 aromatic heterocycles. The van der Waals surface area contributed by atoms with Gasteiger partial charge in [0.05, 0.1) is 0 Å². The Morgan fingerprint density at radius 3 is 2.40 bits per heavy atom. The molecule has 0 aliphatic carbocycles. The molecule has 0 unspecified atom stereocenters. The van der Waals surface area contributed by atoms with Gasteiger partial charge >= 0.3 is 12.1 Å². The summed E-state index contributed by atoms with van der Waals surface area (Å²) in [6.07, 6.45) is -4.87. The summed E-state index contributed by atoms with van der Waals surface area (Å²) in [6, 6.07) is 7.89. The smallest absolute Gasteiger partial charge is 0.436 e. The molecule has 1 aromatic carbocycles. The number of rotatable bonds is 3. The number of para-hydroxylation sites is 1. The molecule has 0 atom stereocenters. The highest BCUT2D eigenvalue weighted by Gasteiger charge is 2.42. The molecule has 2 aromatic rings. The zero-order chi connectivity index (χ0) is 14.9. The molecule has 1 N–H and O–H groups in total. The van der Waals surface area contributed by atoms with Crippen molar-refractivity contribution in [1.29, 1.82) is 0 Å². The van der Waals surface area contributed by atoms with Crippen molar-refractivity contribution < 1.29 is 27.8 Å². The van der Waals surface area contributed by atoms with Crippen LogP contribution in [0.1, 0.15) is 16.1 Å². The average molecular weight is 286 g/mol. The third-order valence-electron chi connectivity index (χ3n) is 2.43. The number of aromatic carboxylic acids is 1. The van der Waals surface area contributed by atoms with Crippen LogP contribution in [0.5, 0.6) is 11.6 Å². The van der Waals surface area contributed by atoms with Crippen LogP contribution in [0.25, 0.3) is 0 Å². The Kier molecular flexibility index (Phi) is 3.39. The van der Waals surface area contributed by atoms with Gasteiger partial charge in [0.2, 0.25) is 5.88 Å². The van der Waals surface area contributed by atoms with E-state index >= 15 is 0 Å². The SMILES string of the molecule is Cn1nc(C(F)(F)F)c(C(=O)O)c1Oc1ccccc1. The lowest BCUT2D eigenvalue weighted by Crippen LogP contribution is -2.12. The first-order valence-electron chi connectivity index (χ1n) is 5.41. The second kappa shape index (κ2) is 4.87. The minimum absolute atomic E-state index is 0.215. The van der Waals surface area contributed by atoms with E-state index in [4.69, 9.17) is 9.84 Å². The van der Waals surface area contributed by atoms with E-state index < -0.39 is 29.3 Å². The van der Waals surface area contributed by atoms with Crippen molar-refractivity contribution in [1.82, 2.24) is 9.78 Å². The molecular weight excluding hydrogens is 277 g/mol. The molecule has 0 spiro atoms. The third-order valence-corrected chi connectivity index (χ3v) is 2.43. The first kappa shape index (κ1) is 13.9. The van der Waals surface area contributed by atoms with Gasteiger partial charge in [0.25, 0.3) is 0 Å². The van der Waals surface area contributed by atoms with Gasteiger partial charge in [-0.25, -0.2) is 9.48 Å². The summed E-state index contributed by atoms with van der Waals surface area (Å²) in [5.41, 5.74) is -2.50. The average Bonchev–Trinajstić information content (AvgIpc) is 2.68. The highest BCUT2D eigenvalue weighted by Crippen LogP contribution is 2.36. The van der Waals surface area contributed by atoms with Crippen LogP contribution in [0.2, 0.25) is 0 Å². The highest BCUT2D eigenvalue weighted by atomic mass is 19.4.